The Morgan fingerprint density at radius 3 is 2.11 bits per heavy atom. The molecule has 2 aliphatic heterocycles. The highest BCUT2D eigenvalue weighted by molar-refractivity contribution is 5.98. The number of nitrogens with one attached hydrogen (secondary N) is 1. The quantitative estimate of drug-likeness (QED) is 0.266. The van der Waals surface area contributed by atoms with Gasteiger partial charge in [-0.2, -0.15) is 0 Å². The summed E-state index contributed by atoms with van der Waals surface area (Å²) in [5, 5.41) is 3.13. The van der Waals surface area contributed by atoms with Crippen LogP contribution in [0.2, 0.25) is 0 Å². The maximum Gasteiger partial charge on any atom is 0.329 e. The third-order valence-electron chi connectivity index (χ3n) is 10.7. The SMILES string of the molecule is COc1ccccc1C(=O)NC1CCN(C(=O)[C@H]2CC[C@@](C(=O)N3C[C@H](OC(C)(C)C)C[C@H]3C(=O)OC(C)(C)C)(c3ccccc3)c3ccccc32)CC1. The van der Waals surface area contributed by atoms with Crippen molar-refractivity contribution < 1.29 is 33.4 Å². The zero-order valence-electron chi connectivity index (χ0n) is 32.7. The minimum atomic E-state index is -1.14. The third kappa shape index (κ3) is 8.19. The molecule has 2 fully saturated rings. The van der Waals surface area contributed by atoms with Crippen LogP contribution in [0, 0.1) is 0 Å². The number of esters is 1. The van der Waals surface area contributed by atoms with Crippen molar-refractivity contribution in [2.45, 2.75) is 114 Å². The minimum absolute atomic E-state index is 0.0255. The van der Waals surface area contributed by atoms with Gasteiger partial charge in [-0.3, -0.25) is 14.4 Å². The van der Waals surface area contributed by atoms with Gasteiger partial charge in [-0.25, -0.2) is 4.79 Å². The van der Waals surface area contributed by atoms with Gasteiger partial charge in [0, 0.05) is 32.1 Å². The van der Waals surface area contributed by atoms with E-state index in [-0.39, 0.29) is 36.4 Å². The second kappa shape index (κ2) is 15.6. The number of likely N-dealkylation sites (tertiary alicyclic amines) is 2. The highest BCUT2D eigenvalue weighted by Crippen LogP contribution is 2.49. The summed E-state index contributed by atoms with van der Waals surface area (Å²) in [6, 6.07) is 23.8. The first kappa shape index (κ1) is 39.0. The van der Waals surface area contributed by atoms with Crippen molar-refractivity contribution in [3.63, 3.8) is 0 Å². The molecule has 0 aromatic heterocycles. The summed E-state index contributed by atoms with van der Waals surface area (Å²) >= 11 is 0. The number of hydrogen-bond acceptors (Lipinski definition) is 7. The molecule has 10 heteroatoms. The van der Waals surface area contributed by atoms with E-state index in [2.05, 4.69) is 5.32 Å². The van der Waals surface area contributed by atoms with Crippen LogP contribution in [0.1, 0.15) is 107 Å². The molecular formula is C44H55N3O7. The molecule has 0 saturated carbocycles. The third-order valence-corrected chi connectivity index (χ3v) is 10.7. The predicted octanol–water partition coefficient (Wildman–Crippen LogP) is 6.41. The Morgan fingerprint density at radius 2 is 1.44 bits per heavy atom. The fourth-order valence-corrected chi connectivity index (χ4v) is 8.47. The lowest BCUT2D eigenvalue weighted by Crippen LogP contribution is -2.54. The molecule has 2 saturated heterocycles. The zero-order valence-corrected chi connectivity index (χ0v) is 32.7. The fraction of sp³-hybridized carbons (Fsp3) is 0.500. The number of amides is 3. The van der Waals surface area contributed by atoms with E-state index in [0.29, 0.717) is 56.5 Å². The highest BCUT2D eigenvalue weighted by atomic mass is 16.6. The molecule has 3 aliphatic rings. The summed E-state index contributed by atoms with van der Waals surface area (Å²) in [6.07, 6.45) is 2.08. The number of fused-ring (bicyclic) bond motifs is 1. The lowest BCUT2D eigenvalue weighted by Gasteiger charge is -2.45. The number of para-hydroxylation sites is 1. The molecule has 4 atom stereocenters. The first-order valence-corrected chi connectivity index (χ1v) is 19.2. The maximum absolute atomic E-state index is 15.4. The lowest BCUT2D eigenvalue weighted by atomic mass is 9.62. The first-order chi connectivity index (χ1) is 25.6. The molecule has 0 bridgehead atoms. The Kier molecular flexibility index (Phi) is 11.2. The van der Waals surface area contributed by atoms with Crippen molar-refractivity contribution >= 4 is 23.7 Å². The standard InChI is InChI=1S/C44H55N3O7/c1-42(2,3)53-31-27-36(40(50)54-43(4,5)6)47(28-31)41(51)44(29-15-9-8-10-16-29)24-21-33(32-17-11-13-19-35(32)44)39(49)46-25-22-30(23-26-46)45-38(48)34-18-12-14-20-37(34)52-7/h8-20,30-31,33,36H,21-28H2,1-7H3,(H,45,48)/t31-,33+,36+,44-/m1/s1. The largest absolute Gasteiger partial charge is 0.496 e. The maximum atomic E-state index is 15.4. The van der Waals surface area contributed by atoms with E-state index in [1.54, 1.807) is 24.1 Å². The molecule has 3 amide bonds. The summed E-state index contributed by atoms with van der Waals surface area (Å²) in [5.41, 5.74) is 0.578. The summed E-state index contributed by atoms with van der Waals surface area (Å²) in [4.78, 5) is 60.3. The van der Waals surface area contributed by atoms with Gasteiger partial charge in [0.1, 0.15) is 17.4 Å². The molecule has 54 heavy (non-hydrogen) atoms. The lowest BCUT2D eigenvalue weighted by molar-refractivity contribution is -0.164. The van der Waals surface area contributed by atoms with Crippen LogP contribution in [0.25, 0.3) is 0 Å². The molecule has 288 valence electrons. The Labute approximate surface area is 319 Å². The van der Waals surface area contributed by atoms with Crippen molar-refractivity contribution in [1.29, 1.82) is 0 Å². The van der Waals surface area contributed by atoms with Crippen molar-refractivity contribution in [3.8, 4) is 5.75 Å². The zero-order chi connectivity index (χ0) is 38.8. The van der Waals surface area contributed by atoms with Crippen molar-refractivity contribution in [1.82, 2.24) is 15.1 Å². The number of rotatable bonds is 8. The molecule has 1 N–H and O–H groups in total. The van der Waals surface area contributed by atoms with Crippen molar-refractivity contribution in [3.05, 3.63) is 101 Å². The fourth-order valence-electron chi connectivity index (χ4n) is 8.47. The molecule has 0 spiro atoms. The van der Waals surface area contributed by atoms with Crippen LogP contribution in [-0.2, 0) is 29.3 Å². The van der Waals surface area contributed by atoms with E-state index < -0.39 is 34.5 Å². The Bertz CT molecular complexity index is 1840. The van der Waals surface area contributed by atoms with Gasteiger partial charge in [0.05, 0.1) is 35.7 Å². The van der Waals surface area contributed by atoms with E-state index in [9.17, 15) is 14.4 Å². The van der Waals surface area contributed by atoms with Gasteiger partial charge >= 0.3 is 5.97 Å². The van der Waals surface area contributed by atoms with Crippen LogP contribution in [0.5, 0.6) is 5.75 Å². The van der Waals surface area contributed by atoms with Crippen LogP contribution in [0.4, 0.5) is 0 Å². The normalized spacial score (nSPS) is 23.4. The molecule has 0 radical (unpaired) electrons. The Balaban J connectivity index is 1.27. The number of nitrogens with zero attached hydrogens (tertiary/aromatic N) is 2. The average Bonchev–Trinajstić information content (AvgIpc) is 3.56. The van der Waals surface area contributed by atoms with Crippen molar-refractivity contribution in [2.75, 3.05) is 26.7 Å². The van der Waals surface area contributed by atoms with Crippen LogP contribution in [0.15, 0.2) is 78.9 Å². The van der Waals surface area contributed by atoms with Crippen LogP contribution < -0.4 is 10.1 Å². The van der Waals surface area contributed by atoms with Crippen LogP contribution >= 0.6 is 0 Å². The average molecular weight is 738 g/mol. The van der Waals surface area contributed by atoms with Gasteiger partial charge in [-0.1, -0.05) is 66.7 Å². The number of carbonyl (C=O) groups excluding carboxylic acids is 4. The topological polar surface area (TPSA) is 114 Å². The minimum Gasteiger partial charge on any atom is -0.496 e. The van der Waals surface area contributed by atoms with E-state index in [0.717, 1.165) is 16.7 Å². The summed E-state index contributed by atoms with van der Waals surface area (Å²) in [5.74, 6) is -0.719. The van der Waals surface area contributed by atoms with Gasteiger partial charge in [-0.05, 0) is 96.0 Å². The van der Waals surface area contributed by atoms with Crippen LogP contribution in [0.3, 0.4) is 0 Å². The Morgan fingerprint density at radius 1 is 0.796 bits per heavy atom. The van der Waals surface area contributed by atoms with E-state index >= 15 is 4.79 Å². The van der Waals surface area contributed by atoms with Crippen LogP contribution in [-0.4, -0.2) is 89.6 Å². The number of carbonyl (C=O) groups is 4. The number of methoxy groups -OCH3 is 1. The number of benzene rings is 3. The molecule has 3 aromatic carbocycles. The number of ether oxygens (including phenoxy) is 3. The smallest absolute Gasteiger partial charge is 0.329 e. The number of piperidine rings is 1. The van der Waals surface area contributed by atoms with Gasteiger partial charge in [-0.15, -0.1) is 0 Å². The van der Waals surface area contributed by atoms with Crippen molar-refractivity contribution in [2.24, 2.45) is 0 Å². The molecule has 1 aliphatic carbocycles. The van der Waals surface area contributed by atoms with Gasteiger partial charge in [0.25, 0.3) is 5.91 Å². The summed E-state index contributed by atoms with van der Waals surface area (Å²) in [6.45, 7) is 12.7. The summed E-state index contributed by atoms with van der Waals surface area (Å²) in [7, 11) is 1.55. The van der Waals surface area contributed by atoms with Gasteiger partial charge in [0.2, 0.25) is 11.8 Å². The first-order valence-electron chi connectivity index (χ1n) is 19.2. The molecule has 10 nitrogen and oxygen atoms in total. The van der Waals surface area contributed by atoms with Gasteiger partial charge < -0.3 is 29.3 Å². The van der Waals surface area contributed by atoms with Gasteiger partial charge in [0.15, 0.2) is 0 Å². The molecule has 0 unspecified atom stereocenters. The highest BCUT2D eigenvalue weighted by Gasteiger charge is 2.54. The molecular weight excluding hydrogens is 682 g/mol. The van der Waals surface area contributed by atoms with E-state index in [4.69, 9.17) is 14.2 Å². The Hall–Kier alpha value is -4.70. The monoisotopic (exact) mass is 737 g/mol. The molecule has 3 aromatic rings. The van der Waals surface area contributed by atoms with E-state index in [1.807, 2.05) is 113 Å². The van der Waals surface area contributed by atoms with E-state index in [1.165, 1.54) is 0 Å². The molecule has 6 rings (SSSR count). The number of hydrogen-bond donors (Lipinski definition) is 1. The second-order valence-electron chi connectivity index (χ2n) is 16.8. The predicted molar refractivity (Wildman–Crippen MR) is 206 cm³/mol. The molecule has 2 heterocycles. The summed E-state index contributed by atoms with van der Waals surface area (Å²) < 4.78 is 17.6. The second-order valence-corrected chi connectivity index (χ2v) is 16.8.